The zero-order chi connectivity index (χ0) is 14.7. The lowest BCUT2D eigenvalue weighted by molar-refractivity contribution is -0.137. The lowest BCUT2D eigenvalue weighted by atomic mass is 10.0. The number of nitrogens with two attached hydrogens (primary N) is 1. The molecule has 2 amide bonds. The van der Waals surface area contributed by atoms with Gasteiger partial charge in [0.25, 0.3) is 0 Å². The van der Waals surface area contributed by atoms with Gasteiger partial charge in [-0.3, -0.25) is 9.69 Å². The first-order chi connectivity index (χ1) is 9.49. The van der Waals surface area contributed by atoms with Crippen molar-refractivity contribution in [2.75, 3.05) is 25.0 Å². The normalized spacial score (nSPS) is 16.6. The average Bonchev–Trinajstić information content (AvgIpc) is 2.76. The first-order valence-corrected chi connectivity index (χ1v) is 6.59. The van der Waals surface area contributed by atoms with Gasteiger partial charge in [-0.2, -0.15) is 0 Å². The molecular formula is C14H19N3O3. The number of carboxylic acids is 1. The molecule has 20 heavy (non-hydrogen) atoms. The lowest BCUT2D eigenvalue weighted by Crippen LogP contribution is -2.29. The van der Waals surface area contributed by atoms with Gasteiger partial charge in [0, 0.05) is 38.3 Å². The summed E-state index contributed by atoms with van der Waals surface area (Å²) in [6, 6.07) is 7.12. The highest BCUT2D eigenvalue weighted by molar-refractivity contribution is 5.93. The van der Waals surface area contributed by atoms with E-state index in [4.69, 9.17) is 10.8 Å². The van der Waals surface area contributed by atoms with E-state index in [1.807, 2.05) is 24.3 Å². The predicted octanol–water partition coefficient (Wildman–Crippen LogP) is 1.42. The number of anilines is 1. The van der Waals surface area contributed by atoms with E-state index in [1.165, 1.54) is 0 Å². The largest absolute Gasteiger partial charge is 0.481 e. The second-order valence-corrected chi connectivity index (χ2v) is 4.99. The molecular weight excluding hydrogens is 258 g/mol. The summed E-state index contributed by atoms with van der Waals surface area (Å²) in [5.41, 5.74) is 7.67. The number of hydrogen-bond donors (Lipinski definition) is 2. The molecule has 3 N–H and O–H groups in total. The van der Waals surface area contributed by atoms with Crippen LogP contribution in [0.4, 0.5) is 10.5 Å². The summed E-state index contributed by atoms with van der Waals surface area (Å²) in [4.78, 5) is 25.8. The lowest BCUT2D eigenvalue weighted by Gasteiger charge is -2.17. The highest BCUT2D eigenvalue weighted by Gasteiger charge is 2.26. The first kappa shape index (κ1) is 14.3. The second-order valence-electron chi connectivity index (χ2n) is 4.99. The van der Waals surface area contributed by atoms with Gasteiger partial charge in [-0.1, -0.05) is 12.1 Å². The molecule has 1 heterocycles. The monoisotopic (exact) mass is 277 g/mol. The number of rotatable bonds is 5. The van der Waals surface area contributed by atoms with Crippen LogP contribution in [0.5, 0.6) is 0 Å². The second kappa shape index (κ2) is 5.92. The summed E-state index contributed by atoms with van der Waals surface area (Å²) < 4.78 is 0. The summed E-state index contributed by atoms with van der Waals surface area (Å²) >= 11 is 0. The van der Waals surface area contributed by atoms with Crippen LogP contribution in [0.3, 0.4) is 0 Å². The Morgan fingerprint density at radius 3 is 2.50 bits per heavy atom. The number of nitrogens with zero attached hydrogens (tertiary/aromatic N) is 2. The smallest absolute Gasteiger partial charge is 0.324 e. The van der Waals surface area contributed by atoms with E-state index in [0.29, 0.717) is 13.0 Å². The Hall–Kier alpha value is -2.08. The highest BCUT2D eigenvalue weighted by Crippen LogP contribution is 2.23. The maximum atomic E-state index is 11.9. The Kier molecular flexibility index (Phi) is 4.24. The van der Waals surface area contributed by atoms with Crippen LogP contribution in [0.2, 0.25) is 0 Å². The number of carboxylic acid groups (broad SMARTS) is 1. The zero-order valence-electron chi connectivity index (χ0n) is 11.5. The fourth-order valence-electron chi connectivity index (χ4n) is 2.23. The summed E-state index contributed by atoms with van der Waals surface area (Å²) in [7, 11) is 1.78. The van der Waals surface area contributed by atoms with E-state index in [0.717, 1.165) is 17.8 Å². The van der Waals surface area contributed by atoms with Gasteiger partial charge >= 0.3 is 12.0 Å². The van der Waals surface area contributed by atoms with Gasteiger partial charge in [-0.25, -0.2) is 4.79 Å². The van der Waals surface area contributed by atoms with Crippen molar-refractivity contribution in [1.29, 1.82) is 0 Å². The topological polar surface area (TPSA) is 86.9 Å². The zero-order valence-corrected chi connectivity index (χ0v) is 11.5. The molecule has 1 unspecified atom stereocenters. The molecule has 1 aromatic rings. The summed E-state index contributed by atoms with van der Waals surface area (Å²) in [6.45, 7) is 1.40. The Morgan fingerprint density at radius 1 is 1.35 bits per heavy atom. The van der Waals surface area contributed by atoms with Gasteiger partial charge in [0.1, 0.15) is 0 Å². The van der Waals surface area contributed by atoms with Crippen molar-refractivity contribution < 1.29 is 14.7 Å². The maximum Gasteiger partial charge on any atom is 0.324 e. The third-order valence-electron chi connectivity index (χ3n) is 3.52. The van der Waals surface area contributed by atoms with Crippen LogP contribution in [-0.2, 0) is 4.79 Å². The highest BCUT2D eigenvalue weighted by atomic mass is 16.4. The molecule has 0 spiro atoms. The number of aliphatic carboxylic acids is 1. The summed E-state index contributed by atoms with van der Waals surface area (Å²) in [5.74, 6) is -0.845. The van der Waals surface area contributed by atoms with Gasteiger partial charge in [0.15, 0.2) is 0 Å². The van der Waals surface area contributed by atoms with Crippen molar-refractivity contribution in [3.63, 3.8) is 0 Å². The molecule has 0 aliphatic carbocycles. The van der Waals surface area contributed by atoms with Gasteiger partial charge in [0.2, 0.25) is 0 Å². The number of likely N-dealkylation sites (N-methyl/N-ethyl adjacent to an activating group) is 1. The number of benzene rings is 1. The van der Waals surface area contributed by atoms with Crippen LogP contribution in [0.15, 0.2) is 24.3 Å². The van der Waals surface area contributed by atoms with Gasteiger partial charge in [-0.05, 0) is 24.1 Å². The Bertz CT molecular complexity index is 501. The predicted molar refractivity (Wildman–Crippen MR) is 75.6 cm³/mol. The van der Waals surface area contributed by atoms with E-state index < -0.39 is 5.97 Å². The SMILES string of the molecule is CN1CCN(c2ccc(C(N)CCC(=O)O)cc2)C1=O. The van der Waals surface area contributed by atoms with E-state index >= 15 is 0 Å². The summed E-state index contributed by atoms with van der Waals surface area (Å²) in [5, 5.41) is 8.65. The Morgan fingerprint density at radius 2 is 2.00 bits per heavy atom. The molecule has 1 fully saturated rings. The maximum absolute atomic E-state index is 11.9. The molecule has 108 valence electrons. The fourth-order valence-corrected chi connectivity index (χ4v) is 2.23. The average molecular weight is 277 g/mol. The molecule has 1 aliphatic heterocycles. The van der Waals surface area contributed by atoms with Crippen LogP contribution in [0.1, 0.15) is 24.4 Å². The molecule has 0 radical (unpaired) electrons. The Labute approximate surface area is 117 Å². The van der Waals surface area contributed by atoms with Crippen molar-refractivity contribution in [1.82, 2.24) is 4.90 Å². The Balaban J connectivity index is 2.03. The third-order valence-corrected chi connectivity index (χ3v) is 3.52. The van der Waals surface area contributed by atoms with Crippen molar-refractivity contribution in [3.05, 3.63) is 29.8 Å². The van der Waals surface area contributed by atoms with Gasteiger partial charge in [-0.15, -0.1) is 0 Å². The number of hydrogen-bond acceptors (Lipinski definition) is 3. The van der Waals surface area contributed by atoms with E-state index in [9.17, 15) is 9.59 Å². The standard InChI is InChI=1S/C14H19N3O3/c1-16-8-9-17(14(16)20)11-4-2-10(3-5-11)12(15)6-7-13(18)19/h2-5,12H,6-9,15H2,1H3,(H,18,19). The number of urea groups is 1. The number of carbonyl (C=O) groups is 2. The van der Waals surface area contributed by atoms with Crippen LogP contribution in [-0.4, -0.2) is 42.1 Å². The fraction of sp³-hybridized carbons (Fsp3) is 0.429. The van der Waals surface area contributed by atoms with Gasteiger partial charge < -0.3 is 15.7 Å². The number of carbonyl (C=O) groups excluding carboxylic acids is 1. The molecule has 0 saturated carbocycles. The minimum Gasteiger partial charge on any atom is -0.481 e. The van der Waals surface area contributed by atoms with Crippen LogP contribution in [0.25, 0.3) is 0 Å². The molecule has 0 aromatic heterocycles. The first-order valence-electron chi connectivity index (χ1n) is 6.59. The molecule has 1 aliphatic rings. The molecule has 6 nitrogen and oxygen atoms in total. The minimum atomic E-state index is -0.845. The van der Waals surface area contributed by atoms with Crippen LogP contribution in [0, 0.1) is 0 Å². The van der Waals surface area contributed by atoms with E-state index in [1.54, 1.807) is 16.8 Å². The van der Waals surface area contributed by atoms with Crippen molar-refractivity contribution >= 4 is 17.7 Å². The van der Waals surface area contributed by atoms with Crippen molar-refractivity contribution in [2.45, 2.75) is 18.9 Å². The third kappa shape index (κ3) is 3.08. The molecule has 1 aromatic carbocycles. The van der Waals surface area contributed by atoms with Crippen LogP contribution >= 0.6 is 0 Å². The van der Waals surface area contributed by atoms with Crippen molar-refractivity contribution in [3.8, 4) is 0 Å². The molecule has 2 rings (SSSR count). The van der Waals surface area contributed by atoms with E-state index in [2.05, 4.69) is 0 Å². The minimum absolute atomic E-state index is 0.00655. The quantitative estimate of drug-likeness (QED) is 0.852. The molecule has 6 heteroatoms. The van der Waals surface area contributed by atoms with Crippen LogP contribution < -0.4 is 10.6 Å². The number of amides is 2. The molecule has 0 bridgehead atoms. The molecule has 1 saturated heterocycles. The van der Waals surface area contributed by atoms with Crippen molar-refractivity contribution in [2.24, 2.45) is 5.73 Å². The molecule has 1 atom stereocenters. The van der Waals surface area contributed by atoms with Gasteiger partial charge in [0.05, 0.1) is 0 Å². The summed E-state index contributed by atoms with van der Waals surface area (Å²) in [6.07, 6.45) is 0.457. The van der Waals surface area contributed by atoms with E-state index in [-0.39, 0.29) is 18.5 Å².